The second kappa shape index (κ2) is 5.70. The molecule has 2 rings (SSSR count). The Bertz CT molecular complexity index is 666. The molecule has 2 N–H and O–H groups in total. The second-order valence-corrected chi connectivity index (χ2v) is 4.71. The van der Waals surface area contributed by atoms with E-state index < -0.39 is 11.9 Å². The van der Waals surface area contributed by atoms with E-state index in [0.717, 1.165) is 11.5 Å². The van der Waals surface area contributed by atoms with Crippen LogP contribution in [-0.4, -0.2) is 28.5 Å². The van der Waals surface area contributed by atoms with Crippen molar-refractivity contribution < 1.29 is 19.4 Å². The van der Waals surface area contributed by atoms with Gasteiger partial charge in [-0.05, 0) is 30.6 Å². The Labute approximate surface area is 119 Å². The molecule has 1 aromatic heterocycles. The Morgan fingerprint density at radius 1 is 1.35 bits per heavy atom. The number of carboxylic acids is 1. The molecule has 0 aliphatic carbocycles. The zero-order valence-electron chi connectivity index (χ0n) is 10.8. The number of anilines is 1. The number of carbonyl (C=O) groups excluding carboxylic acids is 1. The first-order chi connectivity index (χ1) is 9.54. The first-order valence-electron chi connectivity index (χ1n) is 5.68. The van der Waals surface area contributed by atoms with Crippen molar-refractivity contribution in [3.05, 3.63) is 41.1 Å². The number of nitrogens with one attached hydrogen (secondary N) is 1. The number of rotatable bonds is 4. The molecule has 0 saturated heterocycles. The lowest BCUT2D eigenvalue weighted by Crippen LogP contribution is -2.14. The van der Waals surface area contributed by atoms with Gasteiger partial charge < -0.3 is 15.2 Å². The van der Waals surface area contributed by atoms with Crippen LogP contribution in [0.3, 0.4) is 0 Å². The maximum Gasteiger partial charge on any atom is 0.340 e. The minimum absolute atomic E-state index is 0.0123. The van der Waals surface area contributed by atoms with Crippen LogP contribution >= 0.6 is 11.5 Å². The molecular formula is C13H12N2O4S. The van der Waals surface area contributed by atoms with E-state index in [9.17, 15) is 9.59 Å². The molecule has 0 atom stereocenters. The van der Waals surface area contributed by atoms with Crippen LogP contribution < -0.4 is 10.1 Å². The van der Waals surface area contributed by atoms with E-state index in [4.69, 9.17) is 9.84 Å². The van der Waals surface area contributed by atoms with Crippen LogP contribution in [0.1, 0.15) is 26.4 Å². The van der Waals surface area contributed by atoms with Gasteiger partial charge >= 0.3 is 5.97 Å². The molecule has 0 fully saturated rings. The molecule has 0 unspecified atom stereocenters. The number of carbonyl (C=O) groups is 2. The van der Waals surface area contributed by atoms with E-state index in [0.29, 0.717) is 17.0 Å². The molecule has 0 radical (unpaired) electrons. The molecule has 0 bridgehead atoms. The van der Waals surface area contributed by atoms with Gasteiger partial charge in [0.05, 0.1) is 18.4 Å². The van der Waals surface area contributed by atoms with Crippen LogP contribution in [0.2, 0.25) is 0 Å². The highest BCUT2D eigenvalue weighted by Crippen LogP contribution is 2.26. The number of aryl methyl sites for hydroxylation is 1. The van der Waals surface area contributed by atoms with Crippen molar-refractivity contribution in [3.8, 4) is 5.75 Å². The Kier molecular flexibility index (Phi) is 3.99. The molecule has 20 heavy (non-hydrogen) atoms. The molecule has 1 aromatic carbocycles. The van der Waals surface area contributed by atoms with Crippen molar-refractivity contribution in [2.24, 2.45) is 0 Å². The first-order valence-corrected chi connectivity index (χ1v) is 6.46. The number of hydrogen-bond acceptors (Lipinski definition) is 5. The number of methoxy groups -OCH3 is 1. The number of carboxylic acid groups (broad SMARTS) is 1. The fourth-order valence-electron chi connectivity index (χ4n) is 1.71. The summed E-state index contributed by atoms with van der Waals surface area (Å²) >= 11 is 0.937. The average molecular weight is 292 g/mol. The third-order valence-electron chi connectivity index (χ3n) is 2.66. The molecule has 1 heterocycles. The molecule has 6 nitrogen and oxygen atoms in total. The molecule has 0 saturated carbocycles. The summed E-state index contributed by atoms with van der Waals surface area (Å²) in [6.45, 7) is 1.58. The molecule has 2 aromatic rings. The van der Waals surface area contributed by atoms with Crippen molar-refractivity contribution in [1.82, 2.24) is 4.37 Å². The van der Waals surface area contributed by atoms with Crippen molar-refractivity contribution in [1.29, 1.82) is 0 Å². The molecule has 1 amide bonds. The summed E-state index contributed by atoms with van der Waals surface area (Å²) in [6.07, 6.45) is 0. The molecule has 0 aliphatic heterocycles. The summed E-state index contributed by atoms with van der Waals surface area (Å²) in [7, 11) is 1.46. The van der Waals surface area contributed by atoms with Crippen molar-refractivity contribution >= 4 is 28.4 Å². The summed E-state index contributed by atoms with van der Waals surface area (Å²) in [5.74, 6) is -1.14. The lowest BCUT2D eigenvalue weighted by Gasteiger charge is -2.08. The molecule has 7 heteroatoms. The number of aromatic nitrogens is 1. The maximum atomic E-state index is 12.2. The second-order valence-electron chi connectivity index (χ2n) is 3.93. The Morgan fingerprint density at radius 2 is 2.05 bits per heavy atom. The minimum Gasteiger partial charge on any atom is -0.496 e. The van der Waals surface area contributed by atoms with Crippen molar-refractivity contribution in [3.63, 3.8) is 0 Å². The van der Waals surface area contributed by atoms with Crippen molar-refractivity contribution in [2.75, 3.05) is 12.4 Å². The Morgan fingerprint density at radius 3 is 2.70 bits per heavy atom. The molecular weight excluding hydrogens is 280 g/mol. The summed E-state index contributed by atoms with van der Waals surface area (Å²) < 4.78 is 9.04. The zero-order chi connectivity index (χ0) is 14.7. The number of hydrogen-bond donors (Lipinski definition) is 2. The third kappa shape index (κ3) is 2.62. The first kappa shape index (κ1) is 14.0. The summed E-state index contributed by atoms with van der Waals surface area (Å²) in [5, 5.41) is 11.9. The molecule has 0 spiro atoms. The van der Waals surface area contributed by atoms with E-state index in [1.165, 1.54) is 7.11 Å². The molecule has 0 aliphatic rings. The summed E-state index contributed by atoms with van der Waals surface area (Å²) in [6, 6.07) is 6.70. The minimum atomic E-state index is -1.12. The van der Waals surface area contributed by atoms with Gasteiger partial charge in [-0.3, -0.25) is 4.79 Å². The fourth-order valence-corrected chi connectivity index (χ4v) is 2.49. The predicted octanol–water partition coefficient (Wildman–Crippen LogP) is 2.41. The van der Waals surface area contributed by atoms with Crippen LogP contribution in [-0.2, 0) is 0 Å². The smallest absolute Gasteiger partial charge is 0.340 e. The van der Waals surface area contributed by atoms with Gasteiger partial charge in [0.2, 0.25) is 0 Å². The van der Waals surface area contributed by atoms with Gasteiger partial charge in [0, 0.05) is 0 Å². The van der Waals surface area contributed by atoms with Gasteiger partial charge in [0.15, 0.2) is 0 Å². The van der Waals surface area contributed by atoms with Crippen LogP contribution in [0.15, 0.2) is 24.3 Å². The van der Waals surface area contributed by atoms with E-state index in [-0.39, 0.29) is 10.6 Å². The number of benzene rings is 1. The summed E-state index contributed by atoms with van der Waals surface area (Å²) in [4.78, 5) is 23.3. The lowest BCUT2D eigenvalue weighted by atomic mass is 10.2. The maximum absolute atomic E-state index is 12.2. The van der Waals surface area contributed by atoms with Gasteiger partial charge in [-0.25, -0.2) is 4.79 Å². The highest BCUT2D eigenvalue weighted by Gasteiger charge is 2.20. The van der Waals surface area contributed by atoms with Crippen LogP contribution in [0.25, 0.3) is 0 Å². The normalized spacial score (nSPS) is 10.1. The SMILES string of the molecule is COc1ccccc1C(=O)Nc1snc(C)c1C(=O)O. The van der Waals surface area contributed by atoms with Crippen LogP contribution in [0.5, 0.6) is 5.75 Å². The van der Waals surface area contributed by atoms with E-state index in [1.54, 1.807) is 31.2 Å². The number of ether oxygens (including phenoxy) is 1. The van der Waals surface area contributed by atoms with Gasteiger partial charge in [-0.1, -0.05) is 12.1 Å². The standard InChI is InChI=1S/C13H12N2O4S/c1-7-10(13(17)18)12(20-15-7)14-11(16)8-5-3-4-6-9(8)19-2/h3-6H,1-2H3,(H,14,16)(H,17,18). The Hall–Kier alpha value is -2.41. The fraction of sp³-hybridized carbons (Fsp3) is 0.154. The van der Waals surface area contributed by atoms with E-state index in [1.807, 2.05) is 0 Å². The lowest BCUT2D eigenvalue weighted by molar-refractivity contribution is 0.0697. The average Bonchev–Trinajstić information content (AvgIpc) is 2.79. The number of para-hydroxylation sites is 1. The predicted molar refractivity (Wildman–Crippen MR) is 74.8 cm³/mol. The van der Waals surface area contributed by atoms with Gasteiger partial charge in [-0.2, -0.15) is 4.37 Å². The highest BCUT2D eigenvalue weighted by atomic mass is 32.1. The summed E-state index contributed by atoms with van der Waals surface area (Å²) in [5.41, 5.74) is 0.716. The third-order valence-corrected chi connectivity index (χ3v) is 3.51. The topological polar surface area (TPSA) is 88.5 Å². The zero-order valence-corrected chi connectivity index (χ0v) is 11.7. The number of aromatic carboxylic acids is 1. The number of amides is 1. The van der Waals surface area contributed by atoms with E-state index >= 15 is 0 Å². The number of nitrogens with zero attached hydrogens (tertiary/aromatic N) is 1. The van der Waals surface area contributed by atoms with Gasteiger partial charge in [-0.15, -0.1) is 0 Å². The van der Waals surface area contributed by atoms with Gasteiger partial charge in [0.25, 0.3) is 5.91 Å². The van der Waals surface area contributed by atoms with Crippen molar-refractivity contribution in [2.45, 2.75) is 6.92 Å². The quantitative estimate of drug-likeness (QED) is 0.903. The van der Waals surface area contributed by atoms with Gasteiger partial charge in [0.1, 0.15) is 16.3 Å². The van der Waals surface area contributed by atoms with E-state index in [2.05, 4.69) is 9.69 Å². The monoisotopic (exact) mass is 292 g/mol. The highest BCUT2D eigenvalue weighted by molar-refractivity contribution is 7.11. The molecule has 104 valence electrons. The van der Waals surface area contributed by atoms with Crippen LogP contribution in [0, 0.1) is 6.92 Å². The Balaban J connectivity index is 2.31. The van der Waals surface area contributed by atoms with Crippen LogP contribution in [0.4, 0.5) is 5.00 Å². The largest absolute Gasteiger partial charge is 0.496 e.